The van der Waals surface area contributed by atoms with E-state index in [2.05, 4.69) is 13.5 Å². The SMILES string of the molecule is C=C1CC[C@@H]2[C@](CCC3OC(COC4OC(CO)C5OC5C4O)C(O)C(OC4OC(CO)C(O)C(O)C4O)C3OC(OC(CO)[C@H](C)O)[C@@H](O)CO)(CC[C@H]3[C@@]2(C)CCC[C@@]3(C)C(=O)OC2OC(CO)C(O)C(O)C2O)C1. The van der Waals surface area contributed by atoms with Crippen molar-refractivity contribution >= 4 is 5.97 Å². The second kappa shape index (κ2) is 25.0. The van der Waals surface area contributed by atoms with Gasteiger partial charge in [0.1, 0.15) is 110 Å². The number of aliphatic hydroxyl groups is 15. The lowest BCUT2D eigenvalue weighted by atomic mass is 9.39. The van der Waals surface area contributed by atoms with Crippen LogP contribution in [0.3, 0.4) is 0 Å². The molecule has 3 aliphatic carbocycles. The summed E-state index contributed by atoms with van der Waals surface area (Å²) in [6, 6.07) is 0. The van der Waals surface area contributed by atoms with Gasteiger partial charge < -0.3 is 124 Å². The highest BCUT2D eigenvalue weighted by Crippen LogP contribution is 2.69. The van der Waals surface area contributed by atoms with E-state index in [1.165, 1.54) is 6.92 Å². The Morgan fingerprint density at radius 1 is 0.662 bits per heavy atom. The lowest BCUT2D eigenvalue weighted by Crippen LogP contribution is -2.66. The summed E-state index contributed by atoms with van der Waals surface area (Å²) in [5.74, 6) is -1.01. The van der Waals surface area contributed by atoms with Crippen LogP contribution in [0.2, 0.25) is 0 Å². The highest BCUT2D eigenvalue weighted by molar-refractivity contribution is 5.77. The molecule has 29 atom stereocenters. The highest BCUT2D eigenvalue weighted by atomic mass is 16.8. The molecule has 5 saturated heterocycles. The Hall–Kier alpha value is -1.75. The van der Waals surface area contributed by atoms with E-state index in [0.29, 0.717) is 51.4 Å². The summed E-state index contributed by atoms with van der Waals surface area (Å²) < 4.78 is 60.1. The Labute approximate surface area is 445 Å². The first-order valence-corrected chi connectivity index (χ1v) is 27.1. The minimum atomic E-state index is -1.99. The van der Waals surface area contributed by atoms with Crippen molar-refractivity contribution < 1.29 is 129 Å². The van der Waals surface area contributed by atoms with Gasteiger partial charge in [-0.05, 0) is 94.3 Å². The Balaban J connectivity index is 1.12. The maximum absolute atomic E-state index is 14.5. The van der Waals surface area contributed by atoms with Gasteiger partial charge in [0.2, 0.25) is 6.29 Å². The molecule has 0 spiro atoms. The van der Waals surface area contributed by atoms with E-state index in [1.807, 2.05) is 6.92 Å². The smallest absolute Gasteiger partial charge is 0.314 e. The van der Waals surface area contributed by atoms with Crippen LogP contribution in [0, 0.1) is 28.1 Å². The zero-order chi connectivity index (χ0) is 56.1. The molecule has 5 heterocycles. The third kappa shape index (κ3) is 12.1. The van der Waals surface area contributed by atoms with Gasteiger partial charge in [-0.2, -0.15) is 0 Å². The van der Waals surface area contributed by atoms with Crippen LogP contribution in [-0.2, 0) is 52.2 Å². The predicted molar refractivity (Wildman–Crippen MR) is 256 cm³/mol. The zero-order valence-corrected chi connectivity index (χ0v) is 43.7. The van der Waals surface area contributed by atoms with Gasteiger partial charge >= 0.3 is 5.97 Å². The van der Waals surface area contributed by atoms with Gasteiger partial charge in [0, 0.05) is 0 Å². The molecule has 8 rings (SSSR count). The average Bonchev–Trinajstić information content (AvgIpc) is 4.28. The van der Waals surface area contributed by atoms with Crippen LogP contribution < -0.4 is 0 Å². The van der Waals surface area contributed by atoms with E-state index in [9.17, 15) is 81.4 Å². The first kappa shape index (κ1) is 61.3. The van der Waals surface area contributed by atoms with Crippen LogP contribution in [0.1, 0.15) is 85.0 Å². The van der Waals surface area contributed by atoms with E-state index in [4.69, 9.17) is 47.4 Å². The standard InChI is InChI=1S/C51H84O26/c1-21-6-7-31-49(3)10-5-11-50(4,48(67)77-47-38(65)36(63)33(60)27(18-55)72-47)30(49)9-13-51(31,14-21)12-8-24-40(75-44(23(58)15-52)70-25(16-53)22(2)57)42(76-46-37(64)35(62)32(59)26(17-54)71-46)34(61)29(69-24)20-68-45-39(66)43-41(74-43)28(19-56)73-45/h22-47,52-66H,1,5-20H2,2-4H3/t22-,23-,24?,25?,26?,27?,28?,29?,30-,31-,32?,33?,34?,35?,36?,37?,38?,39?,40?,41?,42?,43?,44?,45?,46?,47?,49+,50+,51+/m0/s1. The number of epoxide rings is 1. The molecule has 77 heavy (non-hydrogen) atoms. The zero-order valence-electron chi connectivity index (χ0n) is 43.7. The normalized spacial score (nSPS) is 48.6. The number of fused-ring (bicyclic) bond motifs is 4. The van der Waals surface area contributed by atoms with Crippen LogP contribution in [0.25, 0.3) is 0 Å². The van der Waals surface area contributed by atoms with E-state index < -0.39 is 209 Å². The molecule has 0 amide bonds. The highest BCUT2D eigenvalue weighted by Gasteiger charge is 2.65. The van der Waals surface area contributed by atoms with Gasteiger partial charge in [0.05, 0.1) is 57.3 Å². The second-order valence-electron chi connectivity index (χ2n) is 23.3. The fraction of sp³-hybridized carbons (Fsp3) is 0.941. The molecule has 15 N–H and O–H groups in total. The fourth-order valence-corrected chi connectivity index (χ4v) is 14.2. The van der Waals surface area contributed by atoms with E-state index >= 15 is 0 Å². The van der Waals surface area contributed by atoms with E-state index in [-0.39, 0.29) is 18.3 Å². The summed E-state index contributed by atoms with van der Waals surface area (Å²) in [5, 5.41) is 160. The van der Waals surface area contributed by atoms with Crippen molar-refractivity contribution in [3.63, 3.8) is 0 Å². The molecular formula is C51H84O26. The van der Waals surface area contributed by atoms with Gasteiger partial charge in [-0.1, -0.05) is 25.5 Å². The number of hydrogen-bond acceptors (Lipinski definition) is 26. The predicted octanol–water partition coefficient (Wildman–Crippen LogP) is -4.94. The Bertz CT molecular complexity index is 1950. The van der Waals surface area contributed by atoms with E-state index in [1.54, 1.807) is 0 Å². The summed E-state index contributed by atoms with van der Waals surface area (Å²) >= 11 is 0. The molecule has 0 bridgehead atoms. The van der Waals surface area contributed by atoms with Crippen LogP contribution in [0.15, 0.2) is 12.2 Å². The Morgan fingerprint density at radius 2 is 1.30 bits per heavy atom. The number of rotatable bonds is 21. The van der Waals surface area contributed by atoms with Gasteiger partial charge in [-0.15, -0.1) is 0 Å². The minimum Gasteiger partial charge on any atom is -0.432 e. The second-order valence-corrected chi connectivity index (χ2v) is 23.3. The number of aliphatic hydroxyl groups excluding tert-OH is 15. The topological polar surface area (TPSA) is 416 Å². The Kier molecular flexibility index (Phi) is 19.9. The summed E-state index contributed by atoms with van der Waals surface area (Å²) in [6.45, 7) is 5.46. The van der Waals surface area contributed by atoms with Crippen LogP contribution >= 0.6 is 0 Å². The number of carbonyl (C=O) groups excluding carboxylic acids is 1. The van der Waals surface area contributed by atoms with Crippen LogP contribution in [0.4, 0.5) is 0 Å². The van der Waals surface area contributed by atoms with Gasteiger partial charge in [0.15, 0.2) is 18.9 Å². The number of carbonyl (C=O) groups is 1. The maximum Gasteiger partial charge on any atom is 0.314 e. The third-order valence-corrected chi connectivity index (χ3v) is 18.5. The van der Waals surface area contributed by atoms with Crippen LogP contribution in [0.5, 0.6) is 0 Å². The van der Waals surface area contributed by atoms with Crippen molar-refractivity contribution in [2.24, 2.45) is 28.1 Å². The van der Waals surface area contributed by atoms with Crippen molar-refractivity contribution in [2.45, 2.75) is 232 Å². The lowest BCUT2D eigenvalue weighted by molar-refractivity contribution is -0.364. The fourth-order valence-electron chi connectivity index (χ4n) is 14.2. The van der Waals surface area contributed by atoms with Crippen LogP contribution in [-0.4, -0.2) is 269 Å². The summed E-state index contributed by atoms with van der Waals surface area (Å²) in [6.07, 6.45) is -31.2. The summed E-state index contributed by atoms with van der Waals surface area (Å²) in [4.78, 5) is 14.5. The molecule has 8 aliphatic rings. The largest absolute Gasteiger partial charge is 0.432 e. The molecule has 0 aromatic rings. The molecule has 5 aliphatic heterocycles. The molecule has 0 aromatic heterocycles. The minimum absolute atomic E-state index is 0.0673. The first-order valence-electron chi connectivity index (χ1n) is 27.1. The number of ether oxygens (including phenoxy) is 10. The molecule has 26 nitrogen and oxygen atoms in total. The molecular weight excluding hydrogens is 1030 g/mol. The molecule has 0 aromatic carbocycles. The molecule has 22 unspecified atom stereocenters. The maximum atomic E-state index is 14.5. The van der Waals surface area contributed by atoms with Gasteiger partial charge in [-0.3, -0.25) is 4.79 Å². The number of esters is 1. The molecule has 8 fully saturated rings. The monoisotopic (exact) mass is 1110 g/mol. The number of allylic oxidation sites excluding steroid dienone is 1. The molecule has 26 heteroatoms. The van der Waals surface area contributed by atoms with E-state index in [0.717, 1.165) is 12.0 Å². The quantitative estimate of drug-likeness (QED) is 0.0222. The molecule has 444 valence electrons. The van der Waals surface area contributed by atoms with Gasteiger partial charge in [0.25, 0.3) is 0 Å². The van der Waals surface area contributed by atoms with Crippen molar-refractivity contribution in [2.75, 3.05) is 39.6 Å². The van der Waals surface area contributed by atoms with Crippen molar-refractivity contribution in [3.8, 4) is 0 Å². The number of hydrogen-bond donors (Lipinski definition) is 15. The van der Waals surface area contributed by atoms with Crippen molar-refractivity contribution in [1.82, 2.24) is 0 Å². The Morgan fingerprint density at radius 3 is 1.92 bits per heavy atom. The molecule has 3 saturated carbocycles. The van der Waals surface area contributed by atoms with Crippen molar-refractivity contribution in [3.05, 3.63) is 12.2 Å². The summed E-state index contributed by atoms with van der Waals surface area (Å²) in [7, 11) is 0. The average molecular weight is 1110 g/mol. The lowest BCUT2D eigenvalue weighted by Gasteiger charge is -2.65. The summed E-state index contributed by atoms with van der Waals surface area (Å²) in [5.41, 5.74) is -1.20. The van der Waals surface area contributed by atoms with Crippen molar-refractivity contribution in [1.29, 1.82) is 0 Å². The third-order valence-electron chi connectivity index (χ3n) is 18.5. The molecule has 0 radical (unpaired) electrons. The van der Waals surface area contributed by atoms with Gasteiger partial charge in [-0.25, -0.2) is 0 Å². The first-order chi connectivity index (χ1) is 36.5.